The molecule has 1 unspecified atom stereocenters. The predicted octanol–water partition coefficient (Wildman–Crippen LogP) is 4.47. The number of likely N-dealkylation sites (N-methyl/N-ethyl adjacent to an activating group) is 1. The first-order valence-corrected chi connectivity index (χ1v) is 7.89. The molecule has 0 saturated heterocycles. The smallest absolute Gasteiger partial charge is 0.0376 e. The lowest BCUT2D eigenvalue weighted by molar-refractivity contribution is 0.555. The zero-order chi connectivity index (χ0) is 11.4. The summed E-state index contributed by atoms with van der Waals surface area (Å²) in [6.45, 7) is 3.16. The van der Waals surface area contributed by atoms with E-state index in [1.807, 2.05) is 11.3 Å². The van der Waals surface area contributed by atoms with Gasteiger partial charge in [0.05, 0.1) is 0 Å². The Balaban J connectivity index is 2.09. The summed E-state index contributed by atoms with van der Waals surface area (Å²) < 4.78 is 1.19. The van der Waals surface area contributed by atoms with E-state index in [-0.39, 0.29) is 0 Å². The molecule has 1 nitrogen and oxygen atoms in total. The molecule has 0 radical (unpaired) electrons. The van der Waals surface area contributed by atoms with E-state index in [2.05, 4.69) is 56.4 Å². The fraction of sp³-hybridized carbons (Fsp3) is 0.333. The number of hydrogen-bond acceptors (Lipinski definition) is 3. The summed E-state index contributed by atoms with van der Waals surface area (Å²) in [5, 5.41) is 10.1. The molecule has 0 aromatic carbocycles. The SMILES string of the molecule is CCNC(Cc1cc(Br)cs1)c1ccsc1. The third kappa shape index (κ3) is 3.17. The molecule has 0 fully saturated rings. The highest BCUT2D eigenvalue weighted by atomic mass is 79.9. The molecule has 0 saturated carbocycles. The van der Waals surface area contributed by atoms with Crippen molar-refractivity contribution in [3.05, 3.63) is 43.2 Å². The van der Waals surface area contributed by atoms with Crippen molar-refractivity contribution in [1.82, 2.24) is 5.32 Å². The standard InChI is InChI=1S/C12H14BrNS2/c1-2-14-12(9-3-4-15-7-9)6-11-5-10(13)8-16-11/h3-5,7-8,12,14H,2,6H2,1H3. The lowest BCUT2D eigenvalue weighted by atomic mass is 10.1. The van der Waals surface area contributed by atoms with Gasteiger partial charge in [0.2, 0.25) is 0 Å². The Bertz CT molecular complexity index is 422. The first-order chi connectivity index (χ1) is 7.79. The Kier molecular flexibility index (Phi) is 4.58. The highest BCUT2D eigenvalue weighted by Crippen LogP contribution is 2.26. The maximum Gasteiger partial charge on any atom is 0.0376 e. The van der Waals surface area contributed by atoms with Crippen LogP contribution in [0.25, 0.3) is 0 Å². The Morgan fingerprint density at radius 1 is 1.44 bits per heavy atom. The van der Waals surface area contributed by atoms with E-state index in [9.17, 15) is 0 Å². The maximum atomic E-state index is 3.54. The van der Waals surface area contributed by atoms with Crippen LogP contribution in [0.15, 0.2) is 32.7 Å². The summed E-state index contributed by atoms with van der Waals surface area (Å²) >= 11 is 7.08. The molecule has 0 aliphatic carbocycles. The second kappa shape index (κ2) is 5.96. The third-order valence-electron chi connectivity index (χ3n) is 2.42. The molecular weight excluding hydrogens is 302 g/mol. The van der Waals surface area contributed by atoms with E-state index in [0.717, 1.165) is 13.0 Å². The van der Waals surface area contributed by atoms with Crippen LogP contribution in [-0.2, 0) is 6.42 Å². The molecule has 4 heteroatoms. The molecular formula is C12H14BrNS2. The van der Waals surface area contributed by atoms with E-state index >= 15 is 0 Å². The van der Waals surface area contributed by atoms with Gasteiger partial charge in [-0.3, -0.25) is 0 Å². The van der Waals surface area contributed by atoms with Gasteiger partial charge in [0.25, 0.3) is 0 Å². The van der Waals surface area contributed by atoms with Gasteiger partial charge in [-0.15, -0.1) is 11.3 Å². The van der Waals surface area contributed by atoms with Crippen molar-refractivity contribution >= 4 is 38.6 Å². The minimum atomic E-state index is 0.446. The molecule has 1 N–H and O–H groups in total. The molecule has 0 aliphatic heterocycles. The van der Waals surface area contributed by atoms with Crippen LogP contribution in [-0.4, -0.2) is 6.54 Å². The normalized spacial score (nSPS) is 12.9. The maximum absolute atomic E-state index is 3.54. The molecule has 2 rings (SSSR count). The summed E-state index contributed by atoms with van der Waals surface area (Å²) in [7, 11) is 0. The summed E-state index contributed by atoms with van der Waals surface area (Å²) in [5.41, 5.74) is 1.40. The summed E-state index contributed by atoms with van der Waals surface area (Å²) in [6, 6.07) is 4.86. The molecule has 86 valence electrons. The van der Waals surface area contributed by atoms with Crippen LogP contribution >= 0.6 is 38.6 Å². The number of nitrogens with one attached hydrogen (secondary N) is 1. The van der Waals surface area contributed by atoms with Gasteiger partial charge in [0, 0.05) is 27.2 Å². The van der Waals surface area contributed by atoms with Gasteiger partial charge < -0.3 is 5.32 Å². The quantitative estimate of drug-likeness (QED) is 0.858. The van der Waals surface area contributed by atoms with Gasteiger partial charge >= 0.3 is 0 Å². The van der Waals surface area contributed by atoms with E-state index in [1.54, 1.807) is 11.3 Å². The van der Waals surface area contributed by atoms with Crippen molar-refractivity contribution in [2.24, 2.45) is 0 Å². The van der Waals surface area contributed by atoms with Crippen LogP contribution in [0.2, 0.25) is 0 Å². The van der Waals surface area contributed by atoms with E-state index in [4.69, 9.17) is 0 Å². The van der Waals surface area contributed by atoms with Crippen molar-refractivity contribution in [2.45, 2.75) is 19.4 Å². The van der Waals surface area contributed by atoms with E-state index < -0.39 is 0 Å². The number of hydrogen-bond donors (Lipinski definition) is 1. The first kappa shape index (κ1) is 12.3. The minimum absolute atomic E-state index is 0.446. The van der Waals surface area contributed by atoms with Crippen LogP contribution in [0, 0.1) is 0 Å². The Hall–Kier alpha value is -0.160. The lowest BCUT2D eigenvalue weighted by Gasteiger charge is -2.15. The molecule has 0 amide bonds. The molecule has 2 aromatic heterocycles. The molecule has 0 aliphatic rings. The van der Waals surface area contributed by atoms with Crippen molar-refractivity contribution in [3.63, 3.8) is 0 Å². The molecule has 2 aromatic rings. The van der Waals surface area contributed by atoms with Gasteiger partial charge in [-0.25, -0.2) is 0 Å². The van der Waals surface area contributed by atoms with Crippen molar-refractivity contribution in [1.29, 1.82) is 0 Å². The minimum Gasteiger partial charge on any atom is -0.310 e. The van der Waals surface area contributed by atoms with Crippen LogP contribution in [0.4, 0.5) is 0 Å². The number of halogens is 1. The number of rotatable bonds is 5. The highest BCUT2D eigenvalue weighted by Gasteiger charge is 2.12. The van der Waals surface area contributed by atoms with Gasteiger partial charge in [0.1, 0.15) is 0 Å². The molecule has 0 bridgehead atoms. The van der Waals surface area contributed by atoms with E-state index in [1.165, 1.54) is 14.9 Å². The van der Waals surface area contributed by atoms with Crippen molar-refractivity contribution < 1.29 is 0 Å². The van der Waals surface area contributed by atoms with Gasteiger partial charge in [-0.2, -0.15) is 11.3 Å². The predicted molar refractivity (Wildman–Crippen MR) is 76.5 cm³/mol. The van der Waals surface area contributed by atoms with Crippen LogP contribution in [0.5, 0.6) is 0 Å². The zero-order valence-electron chi connectivity index (χ0n) is 9.07. The van der Waals surface area contributed by atoms with E-state index in [0.29, 0.717) is 6.04 Å². The summed E-state index contributed by atoms with van der Waals surface area (Å²) in [5.74, 6) is 0. The first-order valence-electron chi connectivity index (χ1n) is 5.28. The van der Waals surface area contributed by atoms with Crippen molar-refractivity contribution in [3.8, 4) is 0 Å². The fourth-order valence-corrected chi connectivity index (χ4v) is 3.90. The third-order valence-corrected chi connectivity index (χ3v) is 4.84. The van der Waals surface area contributed by atoms with Crippen molar-refractivity contribution in [2.75, 3.05) is 6.54 Å². The summed E-state index contributed by atoms with van der Waals surface area (Å²) in [6.07, 6.45) is 1.07. The highest BCUT2D eigenvalue weighted by molar-refractivity contribution is 9.10. The van der Waals surface area contributed by atoms with Gasteiger partial charge in [-0.1, -0.05) is 6.92 Å². The largest absolute Gasteiger partial charge is 0.310 e. The fourth-order valence-electron chi connectivity index (χ4n) is 1.69. The molecule has 16 heavy (non-hydrogen) atoms. The van der Waals surface area contributed by atoms with Crippen LogP contribution in [0.3, 0.4) is 0 Å². The second-order valence-corrected chi connectivity index (χ2v) is 6.29. The average molecular weight is 316 g/mol. The monoisotopic (exact) mass is 315 g/mol. The Morgan fingerprint density at radius 2 is 2.31 bits per heavy atom. The Labute approximate surface area is 113 Å². The topological polar surface area (TPSA) is 12.0 Å². The van der Waals surface area contributed by atoms with Gasteiger partial charge in [0.15, 0.2) is 0 Å². The zero-order valence-corrected chi connectivity index (χ0v) is 12.3. The van der Waals surface area contributed by atoms with Crippen LogP contribution in [0.1, 0.15) is 23.4 Å². The molecule has 1 atom stereocenters. The summed E-state index contributed by atoms with van der Waals surface area (Å²) in [4.78, 5) is 1.42. The average Bonchev–Trinajstić information content (AvgIpc) is 2.88. The number of thiophene rings is 2. The van der Waals surface area contributed by atoms with Gasteiger partial charge in [-0.05, 0) is 50.9 Å². The second-order valence-electron chi connectivity index (χ2n) is 3.60. The Morgan fingerprint density at radius 3 is 2.88 bits per heavy atom. The van der Waals surface area contributed by atoms with Crippen LogP contribution < -0.4 is 5.32 Å². The molecule has 0 spiro atoms. The lowest BCUT2D eigenvalue weighted by Crippen LogP contribution is -2.22. The molecule has 2 heterocycles.